The molecule has 0 saturated heterocycles. The monoisotopic (exact) mass is 391 g/mol. The number of carbonyl (C=O) groups excluding carboxylic acids is 1. The van der Waals surface area contributed by atoms with Crippen LogP contribution in [0.4, 0.5) is 11.4 Å². The van der Waals surface area contributed by atoms with Gasteiger partial charge in [0.15, 0.2) is 11.5 Å². The summed E-state index contributed by atoms with van der Waals surface area (Å²) in [7, 11) is 3.17. The molecule has 1 aromatic heterocycles. The Labute approximate surface area is 170 Å². The van der Waals surface area contributed by atoms with Crippen molar-refractivity contribution < 1.29 is 14.3 Å². The summed E-state index contributed by atoms with van der Waals surface area (Å²) in [4.78, 5) is 16.7. The molecule has 6 nitrogen and oxygen atoms in total. The molecular formula is C23H25N3O3. The van der Waals surface area contributed by atoms with Gasteiger partial charge < -0.3 is 20.1 Å². The van der Waals surface area contributed by atoms with E-state index in [1.165, 1.54) is 5.56 Å². The van der Waals surface area contributed by atoms with Crippen LogP contribution in [0.15, 0.2) is 54.7 Å². The normalized spacial score (nSPS) is 10.3. The third-order valence-electron chi connectivity index (χ3n) is 4.56. The lowest BCUT2D eigenvalue weighted by Crippen LogP contribution is -2.23. The van der Waals surface area contributed by atoms with Crippen molar-refractivity contribution in [2.75, 3.05) is 19.5 Å². The molecule has 0 aliphatic rings. The van der Waals surface area contributed by atoms with Crippen molar-refractivity contribution in [1.82, 2.24) is 10.3 Å². The number of methoxy groups -OCH3 is 2. The number of rotatable bonds is 7. The lowest BCUT2D eigenvalue weighted by molar-refractivity contribution is 0.0946. The molecule has 0 saturated carbocycles. The standard InChI is InChI=1S/C23H25N3O3/c1-15-5-8-19(16(2)11-15)26-18-7-9-20(24-14-18)23(27)25-13-17-6-10-21(28-3)22(12-17)29-4/h5-12,14,26H,13H2,1-4H3,(H,25,27). The summed E-state index contributed by atoms with van der Waals surface area (Å²) >= 11 is 0. The predicted octanol–water partition coefficient (Wildman–Crippen LogP) is 4.39. The van der Waals surface area contributed by atoms with Crippen LogP contribution in [0.25, 0.3) is 0 Å². The quantitative estimate of drug-likeness (QED) is 0.625. The highest BCUT2D eigenvalue weighted by Crippen LogP contribution is 2.27. The van der Waals surface area contributed by atoms with Crippen LogP contribution in [-0.4, -0.2) is 25.1 Å². The van der Waals surface area contributed by atoms with Gasteiger partial charge in [-0.2, -0.15) is 0 Å². The molecule has 6 heteroatoms. The van der Waals surface area contributed by atoms with Crippen LogP contribution in [0.2, 0.25) is 0 Å². The maximum absolute atomic E-state index is 12.4. The fraction of sp³-hybridized carbons (Fsp3) is 0.217. The van der Waals surface area contributed by atoms with Crippen LogP contribution in [0.1, 0.15) is 27.2 Å². The zero-order chi connectivity index (χ0) is 20.8. The van der Waals surface area contributed by atoms with Crippen LogP contribution in [0.3, 0.4) is 0 Å². The molecular weight excluding hydrogens is 366 g/mol. The largest absolute Gasteiger partial charge is 0.493 e. The van der Waals surface area contributed by atoms with E-state index in [2.05, 4.69) is 41.6 Å². The van der Waals surface area contributed by atoms with Gasteiger partial charge in [0.25, 0.3) is 5.91 Å². The number of aryl methyl sites for hydroxylation is 2. The van der Waals surface area contributed by atoms with Crippen LogP contribution in [0.5, 0.6) is 11.5 Å². The van der Waals surface area contributed by atoms with Gasteiger partial charge in [0.2, 0.25) is 0 Å². The average molecular weight is 391 g/mol. The van der Waals surface area contributed by atoms with Crippen molar-refractivity contribution in [3.63, 3.8) is 0 Å². The molecule has 0 aliphatic carbocycles. The van der Waals surface area contributed by atoms with Gasteiger partial charge in [-0.25, -0.2) is 4.98 Å². The summed E-state index contributed by atoms with van der Waals surface area (Å²) in [6.45, 7) is 4.48. The van der Waals surface area contributed by atoms with E-state index in [0.717, 1.165) is 22.5 Å². The highest BCUT2D eigenvalue weighted by molar-refractivity contribution is 5.92. The van der Waals surface area contributed by atoms with Gasteiger partial charge in [-0.05, 0) is 55.3 Å². The second-order valence-electron chi connectivity index (χ2n) is 6.75. The smallest absolute Gasteiger partial charge is 0.270 e. The Balaban J connectivity index is 1.61. The Hall–Kier alpha value is -3.54. The molecule has 0 bridgehead atoms. The van der Waals surface area contributed by atoms with Gasteiger partial charge in [0.05, 0.1) is 26.1 Å². The second-order valence-corrected chi connectivity index (χ2v) is 6.75. The zero-order valence-electron chi connectivity index (χ0n) is 17.1. The molecule has 3 rings (SSSR count). The van der Waals surface area contributed by atoms with Gasteiger partial charge in [0.1, 0.15) is 5.69 Å². The molecule has 2 aromatic carbocycles. The number of anilines is 2. The number of pyridine rings is 1. The van der Waals surface area contributed by atoms with E-state index in [4.69, 9.17) is 9.47 Å². The Kier molecular flexibility index (Phi) is 6.34. The number of amides is 1. The molecule has 0 spiro atoms. The minimum atomic E-state index is -0.238. The summed E-state index contributed by atoms with van der Waals surface area (Å²) in [5.74, 6) is 1.04. The lowest BCUT2D eigenvalue weighted by Gasteiger charge is -2.11. The van der Waals surface area contributed by atoms with E-state index in [1.807, 2.05) is 30.3 Å². The highest BCUT2D eigenvalue weighted by Gasteiger charge is 2.09. The first-order chi connectivity index (χ1) is 14.0. The van der Waals surface area contributed by atoms with Gasteiger partial charge >= 0.3 is 0 Å². The minimum Gasteiger partial charge on any atom is -0.493 e. The molecule has 0 unspecified atom stereocenters. The van der Waals surface area contributed by atoms with Gasteiger partial charge in [-0.3, -0.25) is 4.79 Å². The Morgan fingerprint density at radius 3 is 2.41 bits per heavy atom. The van der Waals surface area contributed by atoms with Crippen LogP contribution >= 0.6 is 0 Å². The predicted molar refractivity (Wildman–Crippen MR) is 114 cm³/mol. The number of carbonyl (C=O) groups is 1. The average Bonchev–Trinajstić information content (AvgIpc) is 2.74. The number of benzene rings is 2. The maximum Gasteiger partial charge on any atom is 0.270 e. The molecule has 0 fully saturated rings. The molecule has 150 valence electrons. The summed E-state index contributed by atoms with van der Waals surface area (Å²) < 4.78 is 10.5. The third kappa shape index (κ3) is 5.04. The van der Waals surface area contributed by atoms with Crippen molar-refractivity contribution in [2.45, 2.75) is 20.4 Å². The maximum atomic E-state index is 12.4. The Morgan fingerprint density at radius 1 is 0.966 bits per heavy atom. The van der Waals surface area contributed by atoms with Gasteiger partial charge in [0, 0.05) is 12.2 Å². The minimum absolute atomic E-state index is 0.238. The first-order valence-corrected chi connectivity index (χ1v) is 9.29. The fourth-order valence-electron chi connectivity index (χ4n) is 2.97. The number of nitrogens with one attached hydrogen (secondary N) is 2. The highest BCUT2D eigenvalue weighted by atomic mass is 16.5. The Morgan fingerprint density at radius 2 is 1.76 bits per heavy atom. The molecule has 29 heavy (non-hydrogen) atoms. The number of ether oxygens (including phenoxy) is 2. The van der Waals surface area contributed by atoms with E-state index >= 15 is 0 Å². The van der Waals surface area contributed by atoms with Crippen LogP contribution in [0, 0.1) is 13.8 Å². The molecule has 1 amide bonds. The summed E-state index contributed by atoms with van der Waals surface area (Å²) in [5, 5.41) is 6.20. The fourth-order valence-corrected chi connectivity index (χ4v) is 2.97. The van der Waals surface area contributed by atoms with Gasteiger partial charge in [-0.1, -0.05) is 23.8 Å². The molecule has 1 heterocycles. The second kappa shape index (κ2) is 9.10. The third-order valence-corrected chi connectivity index (χ3v) is 4.56. The zero-order valence-corrected chi connectivity index (χ0v) is 17.1. The van der Waals surface area contributed by atoms with Crippen LogP contribution < -0.4 is 20.1 Å². The van der Waals surface area contributed by atoms with E-state index in [1.54, 1.807) is 26.5 Å². The van der Waals surface area contributed by atoms with Crippen molar-refractivity contribution in [2.24, 2.45) is 0 Å². The van der Waals surface area contributed by atoms with Crippen LogP contribution in [-0.2, 0) is 6.54 Å². The van der Waals surface area contributed by atoms with E-state index < -0.39 is 0 Å². The number of hydrogen-bond donors (Lipinski definition) is 2. The number of hydrogen-bond acceptors (Lipinski definition) is 5. The topological polar surface area (TPSA) is 72.5 Å². The van der Waals surface area contributed by atoms with E-state index in [-0.39, 0.29) is 5.91 Å². The number of aromatic nitrogens is 1. The van der Waals surface area contributed by atoms with Crippen molar-refractivity contribution in [3.8, 4) is 11.5 Å². The van der Waals surface area contributed by atoms with E-state index in [9.17, 15) is 4.79 Å². The van der Waals surface area contributed by atoms with E-state index in [0.29, 0.717) is 23.7 Å². The molecule has 0 atom stereocenters. The molecule has 0 radical (unpaired) electrons. The van der Waals surface area contributed by atoms with Crippen molar-refractivity contribution in [3.05, 3.63) is 77.1 Å². The molecule has 2 N–H and O–H groups in total. The Bertz CT molecular complexity index is 1000. The summed E-state index contributed by atoms with van der Waals surface area (Å²) in [5.41, 5.74) is 5.48. The number of nitrogens with zero attached hydrogens (tertiary/aromatic N) is 1. The van der Waals surface area contributed by atoms with Gasteiger partial charge in [-0.15, -0.1) is 0 Å². The lowest BCUT2D eigenvalue weighted by atomic mass is 10.1. The molecule has 3 aromatic rings. The first-order valence-electron chi connectivity index (χ1n) is 9.29. The summed E-state index contributed by atoms with van der Waals surface area (Å²) in [6.07, 6.45) is 1.66. The molecule has 0 aliphatic heterocycles. The SMILES string of the molecule is COc1ccc(CNC(=O)c2ccc(Nc3ccc(C)cc3C)cn2)cc1OC. The first kappa shape index (κ1) is 20.2. The van der Waals surface area contributed by atoms with Crippen molar-refractivity contribution >= 4 is 17.3 Å². The summed E-state index contributed by atoms with van der Waals surface area (Å²) in [6, 6.07) is 15.3. The van der Waals surface area contributed by atoms with Crippen molar-refractivity contribution in [1.29, 1.82) is 0 Å².